The molecule has 0 amide bonds. The highest BCUT2D eigenvalue weighted by atomic mass is 16.7. The summed E-state index contributed by atoms with van der Waals surface area (Å²) >= 11 is 0. The summed E-state index contributed by atoms with van der Waals surface area (Å²) in [6, 6.07) is 83.4. The lowest BCUT2D eigenvalue weighted by Gasteiger charge is -2.46. The van der Waals surface area contributed by atoms with Gasteiger partial charge in [0.2, 0.25) is 0 Å². The topological polar surface area (TPSA) is 36.9 Å². The number of hydrogen-bond donors (Lipinski definition) is 0. The third-order valence-corrected chi connectivity index (χ3v) is 11.8. The van der Waals surface area contributed by atoms with E-state index in [4.69, 9.17) is 18.6 Å². The van der Waals surface area contributed by atoms with E-state index in [0.717, 1.165) is 44.5 Å². The molecule has 2 saturated heterocycles. The maximum Gasteiger partial charge on any atom is 0.490 e. The first-order valence-electron chi connectivity index (χ1n) is 19.9. The van der Waals surface area contributed by atoms with Crippen LogP contribution in [0.4, 0.5) is 0 Å². The van der Waals surface area contributed by atoms with Crippen molar-refractivity contribution in [2.75, 3.05) is 0 Å². The van der Waals surface area contributed by atoms with Crippen molar-refractivity contribution in [1.29, 1.82) is 0 Å². The Kier molecular flexibility index (Phi) is 9.28. The first-order chi connectivity index (χ1) is 28.7. The van der Waals surface area contributed by atoms with Crippen molar-refractivity contribution in [3.8, 4) is 0 Å². The van der Waals surface area contributed by atoms with Gasteiger partial charge in [-0.1, -0.05) is 243 Å². The van der Waals surface area contributed by atoms with E-state index >= 15 is 0 Å². The molecule has 0 unspecified atom stereocenters. The molecule has 4 nitrogen and oxygen atoms in total. The second-order valence-electron chi connectivity index (χ2n) is 14.9. The molecule has 2 fully saturated rings. The van der Waals surface area contributed by atoms with E-state index in [2.05, 4.69) is 194 Å². The maximum absolute atomic E-state index is 7.79. The van der Waals surface area contributed by atoms with Crippen LogP contribution in [-0.4, -0.2) is 14.0 Å². The van der Waals surface area contributed by atoms with Gasteiger partial charge in [-0.2, -0.15) is 0 Å². The van der Waals surface area contributed by atoms with Crippen LogP contribution < -0.4 is 0 Å². The van der Waals surface area contributed by atoms with Crippen LogP contribution in [0.1, 0.15) is 44.5 Å². The van der Waals surface area contributed by atoms with Crippen LogP contribution in [0.25, 0.3) is 0 Å². The van der Waals surface area contributed by atoms with Crippen molar-refractivity contribution in [2.24, 2.45) is 0 Å². The van der Waals surface area contributed by atoms with Gasteiger partial charge in [-0.3, -0.25) is 0 Å². The molecule has 8 aromatic carbocycles. The monoisotopic (exact) mass is 750 g/mol. The zero-order valence-electron chi connectivity index (χ0n) is 31.9. The van der Waals surface area contributed by atoms with Crippen LogP contribution in [-0.2, 0) is 41.0 Å². The van der Waals surface area contributed by atoms with Gasteiger partial charge < -0.3 is 18.6 Å². The third-order valence-electron chi connectivity index (χ3n) is 11.8. The molecular formula is C52H40B2O4. The Balaban J connectivity index is 1.28. The first kappa shape index (κ1) is 36.1. The van der Waals surface area contributed by atoms with Crippen LogP contribution in [0.15, 0.2) is 243 Å². The van der Waals surface area contributed by atoms with Crippen LogP contribution in [0, 0.1) is 0 Å². The molecule has 0 atom stereocenters. The van der Waals surface area contributed by atoms with Gasteiger partial charge in [0.05, 0.1) is 0 Å². The molecule has 10 rings (SSSR count). The van der Waals surface area contributed by atoms with E-state index in [9.17, 15) is 0 Å². The Bertz CT molecular complexity index is 2040. The number of rotatable bonds is 9. The van der Waals surface area contributed by atoms with E-state index in [-0.39, 0.29) is 0 Å². The minimum Gasteiger partial charge on any atom is -0.396 e. The van der Waals surface area contributed by atoms with Crippen LogP contribution >= 0.6 is 0 Å². The highest BCUT2D eigenvalue weighted by Gasteiger charge is 2.74. The quantitative estimate of drug-likeness (QED) is 0.138. The lowest BCUT2D eigenvalue weighted by molar-refractivity contribution is 0.00370. The summed E-state index contributed by atoms with van der Waals surface area (Å²) in [5.74, 6) is 0. The molecule has 0 aromatic heterocycles. The van der Waals surface area contributed by atoms with Crippen molar-refractivity contribution >= 4 is 14.0 Å². The van der Waals surface area contributed by atoms with E-state index in [1.807, 2.05) is 48.5 Å². The van der Waals surface area contributed by atoms with E-state index in [0.29, 0.717) is 0 Å². The summed E-state index contributed by atoms with van der Waals surface area (Å²) < 4.78 is 31.2. The molecule has 2 aliphatic heterocycles. The van der Waals surface area contributed by atoms with Gasteiger partial charge >= 0.3 is 14.0 Å². The molecule has 0 aliphatic carbocycles. The number of hydrogen-bond acceptors (Lipinski definition) is 4. The van der Waals surface area contributed by atoms with Crippen LogP contribution in [0.3, 0.4) is 0 Å². The molecule has 0 spiro atoms. The zero-order valence-corrected chi connectivity index (χ0v) is 31.9. The van der Waals surface area contributed by atoms with Crippen LogP contribution in [0.2, 0.25) is 0 Å². The van der Waals surface area contributed by atoms with Crippen molar-refractivity contribution in [2.45, 2.75) is 22.4 Å². The van der Waals surface area contributed by atoms with Crippen LogP contribution in [0.5, 0.6) is 0 Å². The fraction of sp³-hybridized carbons (Fsp3) is 0.0769. The predicted octanol–water partition coefficient (Wildman–Crippen LogP) is 10.9. The summed E-state index contributed by atoms with van der Waals surface area (Å²) in [5, 5.41) is 0. The average Bonchev–Trinajstić information content (AvgIpc) is 3.89. The largest absolute Gasteiger partial charge is 0.490 e. The van der Waals surface area contributed by atoms with Gasteiger partial charge in [0.25, 0.3) is 0 Å². The van der Waals surface area contributed by atoms with Crippen molar-refractivity contribution in [1.82, 2.24) is 0 Å². The van der Waals surface area contributed by atoms with E-state index in [1.165, 1.54) is 0 Å². The second kappa shape index (κ2) is 14.9. The molecule has 6 heteroatoms. The van der Waals surface area contributed by atoms with Gasteiger partial charge in [0, 0.05) is 0 Å². The van der Waals surface area contributed by atoms with Gasteiger partial charge in [0.15, 0.2) is 0 Å². The molecule has 2 aliphatic rings. The molecule has 0 saturated carbocycles. The summed E-state index contributed by atoms with van der Waals surface area (Å²) in [6.45, 7) is 0. The molecule has 0 radical (unpaired) electrons. The van der Waals surface area contributed by atoms with Gasteiger partial charge in [-0.05, 0) is 44.5 Å². The normalized spacial score (nSPS) is 17.5. The highest BCUT2D eigenvalue weighted by molar-refractivity contribution is 7.11. The fourth-order valence-electron chi connectivity index (χ4n) is 9.52. The average molecular weight is 751 g/mol. The Hall–Kier alpha value is -6.27. The summed E-state index contributed by atoms with van der Waals surface area (Å²) in [4.78, 5) is 0. The van der Waals surface area contributed by atoms with Crippen molar-refractivity contribution < 1.29 is 18.6 Å². The van der Waals surface area contributed by atoms with Gasteiger partial charge in [-0.25, -0.2) is 0 Å². The maximum atomic E-state index is 7.79. The zero-order chi connectivity index (χ0) is 38.9. The third kappa shape index (κ3) is 5.41. The first-order valence-corrected chi connectivity index (χ1v) is 19.9. The molecule has 278 valence electrons. The molecule has 58 heavy (non-hydrogen) atoms. The minimum atomic E-state index is -1.22. The summed E-state index contributed by atoms with van der Waals surface area (Å²) in [5.41, 5.74) is 2.60. The van der Waals surface area contributed by atoms with Gasteiger partial charge in [-0.15, -0.1) is 0 Å². The highest BCUT2D eigenvalue weighted by Crippen LogP contribution is 2.63. The fourth-order valence-corrected chi connectivity index (χ4v) is 9.52. The second-order valence-corrected chi connectivity index (χ2v) is 14.9. The lowest BCUT2D eigenvalue weighted by Crippen LogP contribution is -2.48. The summed E-state index contributed by atoms with van der Waals surface area (Å²) in [6.07, 6.45) is 0. The van der Waals surface area contributed by atoms with Gasteiger partial charge in [0.1, 0.15) is 22.4 Å². The van der Waals surface area contributed by atoms with E-state index in [1.54, 1.807) is 0 Å². The van der Waals surface area contributed by atoms with E-state index < -0.39 is 36.4 Å². The molecule has 0 bridgehead atoms. The smallest absolute Gasteiger partial charge is 0.396 e. The molecule has 8 aromatic rings. The van der Waals surface area contributed by atoms with Crippen molar-refractivity contribution in [3.63, 3.8) is 0 Å². The molecule has 0 N–H and O–H groups in total. The Labute approximate surface area is 341 Å². The Morgan fingerprint density at radius 2 is 0.310 bits per heavy atom. The summed E-state index contributed by atoms with van der Waals surface area (Å²) in [7, 11) is -2.11. The van der Waals surface area contributed by atoms with Crippen molar-refractivity contribution in [3.05, 3.63) is 287 Å². The standard InChI is InChI=1S/C52H40B2O4/c1-9-25-41(26-10-1)49(42-27-11-2-12-28-42)50(43-29-13-3-14-30-43,44-31-15-4-16-32-44)56-53(55-49)54-57-51(45-33-17-5-18-34-45,46-35-19-6-20-36-46)52(58-54,47-37-21-7-22-38-47)48-39-23-8-24-40-48/h1-40H. The SMILES string of the molecule is c1ccc(C2(c3ccccc3)OB(B3OC(c4ccccc4)(c4ccccc4)C(c4ccccc4)(c4ccccc4)O3)OC2(c2ccccc2)c2ccccc2)cc1. The predicted molar refractivity (Wildman–Crippen MR) is 231 cm³/mol. The minimum absolute atomic E-state index is 0.934. The lowest BCUT2D eigenvalue weighted by atomic mass is 9.49. The number of benzene rings is 8. The molecule has 2 heterocycles. The molecular weight excluding hydrogens is 710 g/mol. The Morgan fingerprint density at radius 1 is 0.190 bits per heavy atom. The Morgan fingerprint density at radius 3 is 0.431 bits per heavy atom.